The first-order valence-electron chi connectivity index (χ1n) is 9.30. The number of hydrogen-bond donors (Lipinski definition) is 1. The van der Waals surface area contributed by atoms with E-state index in [1.54, 1.807) is 24.3 Å². The lowest BCUT2D eigenvalue weighted by atomic mass is 10.2. The molecule has 3 heterocycles. The number of fused-ring (bicyclic) bond motifs is 1. The largest absolute Gasteiger partial charge is 0.491 e. The number of nitrogens with zero attached hydrogens (tertiary/aromatic N) is 2. The zero-order valence-electron chi connectivity index (χ0n) is 15.5. The molecule has 1 unspecified atom stereocenters. The molecule has 1 aliphatic rings. The number of carbonyl (C=O) groups is 1. The zero-order chi connectivity index (χ0) is 19.5. The van der Waals surface area contributed by atoms with E-state index < -0.39 is 5.91 Å². The van der Waals surface area contributed by atoms with Crippen LogP contribution >= 0.6 is 11.3 Å². The van der Waals surface area contributed by atoms with Crippen LogP contribution < -0.4 is 15.7 Å². The van der Waals surface area contributed by atoms with Crippen LogP contribution in [0.3, 0.4) is 0 Å². The lowest BCUT2D eigenvalue weighted by molar-refractivity contribution is 0.0679. The number of amides is 1. The molecule has 0 saturated carbocycles. The molecular formula is C20H21N3O4S. The van der Waals surface area contributed by atoms with Crippen LogP contribution in [0.25, 0.3) is 10.2 Å². The number of aryl methyl sites for hydroxylation is 1. The van der Waals surface area contributed by atoms with Gasteiger partial charge in [0.15, 0.2) is 0 Å². The van der Waals surface area contributed by atoms with Crippen molar-refractivity contribution in [1.82, 2.24) is 9.66 Å². The third kappa shape index (κ3) is 3.93. The number of benzene rings is 1. The van der Waals surface area contributed by atoms with Crippen molar-refractivity contribution in [3.8, 4) is 5.75 Å². The normalized spacial score (nSPS) is 16.4. The smallest absolute Gasteiger partial charge is 0.280 e. The van der Waals surface area contributed by atoms with Crippen molar-refractivity contribution in [3.05, 3.63) is 57.5 Å². The lowest BCUT2D eigenvalue weighted by Crippen LogP contribution is -2.33. The van der Waals surface area contributed by atoms with Crippen LogP contribution in [0.2, 0.25) is 0 Å². The Hall–Kier alpha value is -2.71. The standard InChI is InChI=1S/C20H21N3O4S/c1-2-16-10-17-19(28-16)21-12-23(20(17)25)22-18(24)13-5-3-6-14(9-13)27-11-15-7-4-8-26-15/h3,5-6,9-10,12,15H,2,4,7-8,11H2,1H3,(H,22,24). The molecule has 1 saturated heterocycles. The Labute approximate surface area is 165 Å². The summed E-state index contributed by atoms with van der Waals surface area (Å²) in [4.78, 5) is 31.3. The van der Waals surface area contributed by atoms with Gasteiger partial charge in [0.1, 0.15) is 23.5 Å². The van der Waals surface area contributed by atoms with Crippen molar-refractivity contribution in [1.29, 1.82) is 0 Å². The molecule has 4 rings (SSSR count). The predicted molar refractivity (Wildman–Crippen MR) is 108 cm³/mol. The molecule has 0 bridgehead atoms. The van der Waals surface area contributed by atoms with Gasteiger partial charge in [-0.15, -0.1) is 11.3 Å². The molecular weight excluding hydrogens is 378 g/mol. The van der Waals surface area contributed by atoms with Crippen LogP contribution in [0, 0.1) is 0 Å². The molecule has 1 atom stereocenters. The summed E-state index contributed by atoms with van der Waals surface area (Å²) in [7, 11) is 0. The number of rotatable bonds is 6. The molecule has 7 nitrogen and oxygen atoms in total. The summed E-state index contributed by atoms with van der Waals surface area (Å²) in [6.45, 7) is 3.26. The lowest BCUT2D eigenvalue weighted by Gasteiger charge is -2.12. The minimum Gasteiger partial charge on any atom is -0.491 e. The Balaban J connectivity index is 1.48. The molecule has 0 spiro atoms. The van der Waals surface area contributed by atoms with Gasteiger partial charge in [-0.05, 0) is 43.5 Å². The molecule has 2 aromatic heterocycles. The summed E-state index contributed by atoms with van der Waals surface area (Å²) in [5.41, 5.74) is 2.71. The Morgan fingerprint density at radius 1 is 1.43 bits per heavy atom. The molecule has 1 aromatic carbocycles. The highest BCUT2D eigenvalue weighted by Crippen LogP contribution is 2.21. The Morgan fingerprint density at radius 3 is 3.11 bits per heavy atom. The number of carbonyl (C=O) groups excluding carboxylic acids is 1. The summed E-state index contributed by atoms with van der Waals surface area (Å²) < 4.78 is 12.4. The maximum Gasteiger partial charge on any atom is 0.280 e. The molecule has 0 radical (unpaired) electrons. The van der Waals surface area contributed by atoms with Gasteiger partial charge in [-0.2, -0.15) is 0 Å². The highest BCUT2D eigenvalue weighted by atomic mass is 32.1. The fourth-order valence-electron chi connectivity index (χ4n) is 3.09. The minimum atomic E-state index is -0.406. The van der Waals surface area contributed by atoms with Gasteiger partial charge in [-0.3, -0.25) is 15.0 Å². The van der Waals surface area contributed by atoms with E-state index >= 15 is 0 Å². The number of hydrogen-bond acceptors (Lipinski definition) is 6. The second kappa shape index (κ2) is 8.12. The first-order valence-corrected chi connectivity index (χ1v) is 10.1. The summed E-state index contributed by atoms with van der Waals surface area (Å²) in [6, 6.07) is 8.70. The van der Waals surface area contributed by atoms with E-state index in [0.717, 1.165) is 35.4 Å². The fourth-order valence-corrected chi connectivity index (χ4v) is 4.02. The molecule has 1 N–H and O–H groups in total. The van der Waals surface area contributed by atoms with E-state index in [1.165, 1.54) is 17.7 Å². The van der Waals surface area contributed by atoms with Crippen molar-refractivity contribution in [3.63, 3.8) is 0 Å². The molecule has 1 aliphatic heterocycles. The molecule has 8 heteroatoms. The maximum absolute atomic E-state index is 12.6. The van der Waals surface area contributed by atoms with Crippen molar-refractivity contribution in [2.24, 2.45) is 0 Å². The average molecular weight is 399 g/mol. The predicted octanol–water partition coefficient (Wildman–Crippen LogP) is 2.96. The van der Waals surface area contributed by atoms with Gasteiger partial charge in [0.2, 0.25) is 0 Å². The van der Waals surface area contributed by atoms with Gasteiger partial charge in [0, 0.05) is 17.0 Å². The van der Waals surface area contributed by atoms with E-state index in [1.807, 2.05) is 13.0 Å². The molecule has 28 heavy (non-hydrogen) atoms. The highest BCUT2D eigenvalue weighted by Gasteiger charge is 2.17. The summed E-state index contributed by atoms with van der Waals surface area (Å²) in [6.07, 6.45) is 4.32. The summed E-state index contributed by atoms with van der Waals surface area (Å²) in [5, 5.41) is 0.512. The van der Waals surface area contributed by atoms with Crippen molar-refractivity contribution in [2.45, 2.75) is 32.3 Å². The average Bonchev–Trinajstić information content (AvgIpc) is 3.38. The topological polar surface area (TPSA) is 82.5 Å². The number of aromatic nitrogens is 2. The van der Waals surface area contributed by atoms with Crippen molar-refractivity contribution in [2.75, 3.05) is 18.6 Å². The van der Waals surface area contributed by atoms with Gasteiger partial charge in [-0.1, -0.05) is 13.0 Å². The molecule has 0 aliphatic carbocycles. The van der Waals surface area contributed by atoms with Crippen LogP contribution in [0.5, 0.6) is 5.75 Å². The Kier molecular flexibility index (Phi) is 5.40. The van der Waals surface area contributed by atoms with Crippen molar-refractivity contribution >= 4 is 27.5 Å². The van der Waals surface area contributed by atoms with Crippen molar-refractivity contribution < 1.29 is 14.3 Å². The monoisotopic (exact) mass is 399 g/mol. The summed E-state index contributed by atoms with van der Waals surface area (Å²) in [5.74, 6) is 0.186. The molecule has 3 aromatic rings. The van der Waals surface area contributed by atoms with Gasteiger partial charge in [0.05, 0.1) is 11.5 Å². The van der Waals surface area contributed by atoms with Crippen LogP contribution in [-0.4, -0.2) is 34.9 Å². The molecule has 1 fully saturated rings. The van der Waals surface area contributed by atoms with Crippen LogP contribution in [-0.2, 0) is 11.2 Å². The minimum absolute atomic E-state index is 0.104. The Morgan fingerprint density at radius 2 is 2.32 bits per heavy atom. The van der Waals surface area contributed by atoms with Crippen LogP contribution in [0.4, 0.5) is 0 Å². The van der Waals surface area contributed by atoms with E-state index in [0.29, 0.717) is 28.1 Å². The van der Waals surface area contributed by atoms with E-state index in [-0.39, 0.29) is 11.7 Å². The number of nitrogens with one attached hydrogen (secondary N) is 1. The summed E-state index contributed by atoms with van der Waals surface area (Å²) >= 11 is 1.49. The molecule has 1 amide bonds. The maximum atomic E-state index is 12.6. The molecule has 146 valence electrons. The van der Waals surface area contributed by atoms with Crippen LogP contribution in [0.15, 0.2) is 41.5 Å². The SMILES string of the molecule is CCc1cc2c(=O)n(NC(=O)c3cccc(OCC4CCCO4)c3)cnc2s1. The Bertz CT molecular complexity index is 1050. The fraction of sp³-hybridized carbons (Fsp3) is 0.350. The quantitative estimate of drug-likeness (QED) is 0.689. The highest BCUT2D eigenvalue weighted by molar-refractivity contribution is 7.18. The van der Waals surface area contributed by atoms with Gasteiger partial charge >= 0.3 is 0 Å². The third-order valence-corrected chi connectivity index (χ3v) is 5.82. The van der Waals surface area contributed by atoms with E-state index in [9.17, 15) is 9.59 Å². The zero-order valence-corrected chi connectivity index (χ0v) is 16.3. The first-order chi connectivity index (χ1) is 13.6. The van der Waals surface area contributed by atoms with Gasteiger partial charge in [0.25, 0.3) is 11.5 Å². The van der Waals surface area contributed by atoms with E-state index in [2.05, 4.69) is 10.4 Å². The number of ether oxygens (including phenoxy) is 2. The van der Waals surface area contributed by atoms with Crippen LogP contribution in [0.1, 0.15) is 35.0 Å². The first kappa shape index (κ1) is 18.6. The second-order valence-electron chi connectivity index (χ2n) is 6.62. The second-order valence-corrected chi connectivity index (χ2v) is 7.73. The number of thiophene rings is 1. The van der Waals surface area contributed by atoms with Gasteiger partial charge < -0.3 is 9.47 Å². The van der Waals surface area contributed by atoms with Gasteiger partial charge in [-0.25, -0.2) is 9.66 Å². The third-order valence-electron chi connectivity index (χ3n) is 4.63. The van der Waals surface area contributed by atoms with E-state index in [4.69, 9.17) is 9.47 Å².